The lowest BCUT2D eigenvalue weighted by Crippen LogP contribution is -2.14. The van der Waals surface area contributed by atoms with E-state index in [1.807, 2.05) is 0 Å². The molecular weight excluding hydrogens is 266 g/mol. The van der Waals surface area contributed by atoms with Gasteiger partial charge in [0, 0.05) is 25.4 Å². The Morgan fingerprint density at radius 3 is 2.79 bits per heavy atom. The first-order chi connectivity index (χ1) is 8.97. The number of nitrogens with zero attached hydrogens (tertiary/aromatic N) is 1. The molecule has 0 saturated carbocycles. The van der Waals surface area contributed by atoms with Crippen LogP contribution in [0.3, 0.4) is 0 Å². The van der Waals surface area contributed by atoms with Gasteiger partial charge in [0.25, 0.3) is 0 Å². The lowest BCUT2D eigenvalue weighted by molar-refractivity contribution is 0.598. The molecule has 8 heteroatoms. The number of nitrogen functional groups attached to an aromatic ring is 1. The summed E-state index contributed by atoms with van der Waals surface area (Å²) in [5.74, 6) is 0.841. The van der Waals surface area contributed by atoms with Crippen LogP contribution < -0.4 is 16.2 Å². The third kappa shape index (κ3) is 3.46. The summed E-state index contributed by atoms with van der Waals surface area (Å²) in [4.78, 5) is 7.09. The second kappa shape index (κ2) is 5.29. The molecule has 0 aliphatic heterocycles. The second-order valence-corrected chi connectivity index (χ2v) is 5.57. The number of hydrogen-bond donors (Lipinski definition) is 4. The van der Waals surface area contributed by atoms with Crippen molar-refractivity contribution in [3.05, 3.63) is 36.4 Å². The van der Waals surface area contributed by atoms with E-state index in [4.69, 9.17) is 10.9 Å². The highest BCUT2D eigenvalue weighted by Gasteiger charge is 2.10. The van der Waals surface area contributed by atoms with Gasteiger partial charge >= 0.3 is 0 Å². The molecule has 0 radical (unpaired) electrons. The Morgan fingerprint density at radius 2 is 2.16 bits per heavy atom. The number of sulfonamides is 1. The number of imidazole rings is 1. The maximum Gasteiger partial charge on any atom is 0.238 e. The Morgan fingerprint density at radius 1 is 1.37 bits per heavy atom. The monoisotopic (exact) mass is 281 g/mol. The van der Waals surface area contributed by atoms with Crippen molar-refractivity contribution in [3.63, 3.8) is 0 Å². The first-order valence-electron chi connectivity index (χ1n) is 5.61. The number of hydrogen-bond acceptors (Lipinski definition) is 5. The Kier molecular flexibility index (Phi) is 3.72. The Labute approximate surface area is 111 Å². The van der Waals surface area contributed by atoms with Gasteiger partial charge in [-0.05, 0) is 18.2 Å². The van der Waals surface area contributed by atoms with Gasteiger partial charge in [0.1, 0.15) is 5.82 Å². The van der Waals surface area contributed by atoms with Gasteiger partial charge in [-0.2, -0.15) is 0 Å². The minimum Gasteiger partial charge on any atom is -0.397 e. The van der Waals surface area contributed by atoms with Crippen molar-refractivity contribution in [1.29, 1.82) is 0 Å². The molecule has 0 spiro atoms. The maximum atomic E-state index is 11.3. The molecule has 1 aromatic heterocycles. The molecule has 2 rings (SSSR count). The largest absolute Gasteiger partial charge is 0.397 e. The van der Waals surface area contributed by atoms with Crippen molar-refractivity contribution >= 4 is 21.4 Å². The molecule has 0 amide bonds. The number of nitrogens with one attached hydrogen (secondary N) is 2. The van der Waals surface area contributed by atoms with Crippen LogP contribution in [-0.2, 0) is 16.4 Å². The number of H-pyrrole nitrogens is 1. The molecule has 19 heavy (non-hydrogen) atoms. The molecule has 0 aliphatic rings. The predicted octanol–water partition coefficient (Wildman–Crippen LogP) is 0.294. The fourth-order valence-corrected chi connectivity index (χ4v) is 2.16. The van der Waals surface area contributed by atoms with Gasteiger partial charge < -0.3 is 16.0 Å². The summed E-state index contributed by atoms with van der Waals surface area (Å²) in [7, 11) is -3.72. The lowest BCUT2D eigenvalue weighted by atomic mass is 10.2. The van der Waals surface area contributed by atoms with Gasteiger partial charge in [0.05, 0.1) is 16.3 Å². The van der Waals surface area contributed by atoms with Crippen LogP contribution in [0.4, 0.5) is 11.4 Å². The van der Waals surface area contributed by atoms with Crippen LogP contribution in [0.1, 0.15) is 5.82 Å². The van der Waals surface area contributed by atoms with Crippen LogP contribution in [0.15, 0.2) is 35.5 Å². The number of benzene rings is 1. The van der Waals surface area contributed by atoms with E-state index in [-0.39, 0.29) is 4.90 Å². The van der Waals surface area contributed by atoms with Crippen molar-refractivity contribution in [2.24, 2.45) is 5.14 Å². The third-order valence-corrected chi connectivity index (χ3v) is 3.50. The molecule has 0 aliphatic carbocycles. The van der Waals surface area contributed by atoms with Crippen LogP contribution in [0.2, 0.25) is 0 Å². The summed E-state index contributed by atoms with van der Waals surface area (Å²) in [6.07, 6.45) is 4.09. The van der Waals surface area contributed by atoms with E-state index < -0.39 is 10.0 Å². The summed E-state index contributed by atoms with van der Waals surface area (Å²) in [6, 6.07) is 4.31. The number of rotatable bonds is 5. The van der Waals surface area contributed by atoms with Crippen molar-refractivity contribution in [3.8, 4) is 0 Å². The molecule has 1 heterocycles. The summed E-state index contributed by atoms with van der Waals surface area (Å²) >= 11 is 0. The van der Waals surface area contributed by atoms with Gasteiger partial charge in [-0.3, -0.25) is 0 Å². The minimum absolute atomic E-state index is 0.0298. The number of primary sulfonamides is 1. The molecule has 0 fully saturated rings. The second-order valence-electron chi connectivity index (χ2n) is 4.01. The van der Waals surface area contributed by atoms with Crippen LogP contribution in [0.5, 0.6) is 0 Å². The minimum atomic E-state index is -3.72. The molecule has 102 valence electrons. The van der Waals surface area contributed by atoms with Crippen molar-refractivity contribution < 1.29 is 8.42 Å². The fraction of sp³-hybridized carbons (Fsp3) is 0.182. The van der Waals surface area contributed by atoms with E-state index >= 15 is 0 Å². The third-order valence-electron chi connectivity index (χ3n) is 2.59. The van der Waals surface area contributed by atoms with Crippen LogP contribution >= 0.6 is 0 Å². The quantitative estimate of drug-likeness (QED) is 0.586. The number of aromatic amines is 1. The topological polar surface area (TPSA) is 127 Å². The molecule has 1 aromatic carbocycles. The van der Waals surface area contributed by atoms with E-state index in [1.54, 1.807) is 12.4 Å². The maximum absolute atomic E-state index is 11.3. The Bertz CT molecular complexity index is 652. The van der Waals surface area contributed by atoms with E-state index in [9.17, 15) is 8.42 Å². The zero-order valence-electron chi connectivity index (χ0n) is 10.1. The van der Waals surface area contributed by atoms with E-state index in [0.717, 1.165) is 5.82 Å². The van der Waals surface area contributed by atoms with Crippen LogP contribution in [0.25, 0.3) is 0 Å². The Hall–Kier alpha value is -2.06. The molecule has 0 unspecified atom stereocenters. The zero-order chi connectivity index (χ0) is 13.9. The lowest BCUT2D eigenvalue weighted by Gasteiger charge is -2.10. The molecule has 6 N–H and O–H groups in total. The number of anilines is 2. The van der Waals surface area contributed by atoms with E-state index in [2.05, 4.69) is 15.3 Å². The molecule has 0 atom stereocenters. The van der Waals surface area contributed by atoms with Gasteiger partial charge in [-0.1, -0.05) is 0 Å². The first kappa shape index (κ1) is 13.4. The molecule has 2 aromatic rings. The highest BCUT2D eigenvalue weighted by atomic mass is 32.2. The average molecular weight is 281 g/mol. The summed E-state index contributed by atoms with van der Waals surface area (Å²) in [6.45, 7) is 0.575. The standard InChI is InChI=1S/C11H15N5O2S/c12-9-2-1-8(19(13,17)18)7-10(9)14-4-3-11-15-5-6-16-11/h1-2,5-7,14H,3-4,12H2,(H,15,16)(H2,13,17,18). The van der Waals surface area contributed by atoms with Crippen molar-refractivity contribution in [2.45, 2.75) is 11.3 Å². The van der Waals surface area contributed by atoms with Crippen molar-refractivity contribution in [1.82, 2.24) is 9.97 Å². The summed E-state index contributed by atoms with van der Waals surface area (Å²) in [5, 5.41) is 8.13. The molecular formula is C11H15N5O2S. The van der Waals surface area contributed by atoms with Gasteiger partial charge in [0.2, 0.25) is 10.0 Å². The SMILES string of the molecule is Nc1ccc(S(N)(=O)=O)cc1NCCc1ncc[nH]1. The summed E-state index contributed by atoms with van der Waals surface area (Å²) in [5.41, 5.74) is 6.78. The normalized spacial score (nSPS) is 11.4. The highest BCUT2D eigenvalue weighted by molar-refractivity contribution is 7.89. The number of aromatic nitrogens is 2. The first-order valence-corrected chi connectivity index (χ1v) is 7.16. The Balaban J connectivity index is 2.07. The molecule has 0 bridgehead atoms. The smallest absolute Gasteiger partial charge is 0.238 e. The fourth-order valence-electron chi connectivity index (χ4n) is 1.62. The number of nitrogens with two attached hydrogens (primary N) is 2. The zero-order valence-corrected chi connectivity index (χ0v) is 10.9. The van der Waals surface area contributed by atoms with Gasteiger partial charge in [0.15, 0.2) is 0 Å². The van der Waals surface area contributed by atoms with Crippen molar-refractivity contribution in [2.75, 3.05) is 17.6 Å². The van der Waals surface area contributed by atoms with Crippen LogP contribution in [-0.4, -0.2) is 24.9 Å². The average Bonchev–Trinajstić information content (AvgIpc) is 2.83. The molecule has 7 nitrogen and oxygen atoms in total. The van der Waals surface area contributed by atoms with Gasteiger partial charge in [-0.25, -0.2) is 18.5 Å². The summed E-state index contributed by atoms with van der Waals surface area (Å²) < 4.78 is 22.5. The van der Waals surface area contributed by atoms with Crippen LogP contribution in [0, 0.1) is 0 Å². The predicted molar refractivity (Wildman–Crippen MR) is 73.0 cm³/mol. The van der Waals surface area contributed by atoms with E-state index in [1.165, 1.54) is 18.2 Å². The highest BCUT2D eigenvalue weighted by Crippen LogP contribution is 2.21. The van der Waals surface area contributed by atoms with Gasteiger partial charge in [-0.15, -0.1) is 0 Å². The van der Waals surface area contributed by atoms with E-state index in [0.29, 0.717) is 24.3 Å². The molecule has 0 saturated heterocycles.